The molecule has 0 radical (unpaired) electrons. The van der Waals surface area contributed by atoms with Crippen LogP contribution in [0.25, 0.3) is 10.9 Å². The van der Waals surface area contributed by atoms with Gasteiger partial charge in [-0.25, -0.2) is 0 Å². The third kappa shape index (κ3) is 3.61. The number of nitrogens with zero attached hydrogens (tertiary/aromatic N) is 3. The third-order valence-corrected chi connectivity index (χ3v) is 3.83. The van der Waals surface area contributed by atoms with Crippen LogP contribution in [-0.2, 0) is 11.0 Å². The van der Waals surface area contributed by atoms with Crippen molar-refractivity contribution in [3.63, 3.8) is 0 Å². The quantitative estimate of drug-likeness (QED) is 0.767. The van der Waals surface area contributed by atoms with Crippen molar-refractivity contribution < 1.29 is 22.7 Å². The van der Waals surface area contributed by atoms with Crippen molar-refractivity contribution in [1.82, 2.24) is 14.8 Å². The maximum Gasteiger partial charge on any atom is 0.435 e. The minimum Gasteiger partial charge on any atom is -0.497 e. The highest BCUT2D eigenvalue weighted by Crippen LogP contribution is 2.28. The van der Waals surface area contributed by atoms with E-state index in [2.05, 4.69) is 15.4 Å². The second kappa shape index (κ2) is 6.66. The lowest BCUT2D eigenvalue weighted by Crippen LogP contribution is -2.24. The van der Waals surface area contributed by atoms with Crippen molar-refractivity contribution in [1.29, 1.82) is 0 Å². The van der Waals surface area contributed by atoms with Crippen LogP contribution in [-0.4, -0.2) is 27.8 Å². The number of nitrogens with one attached hydrogen (secondary N) is 1. The van der Waals surface area contributed by atoms with E-state index in [1.165, 1.54) is 13.1 Å². The van der Waals surface area contributed by atoms with Gasteiger partial charge in [0.05, 0.1) is 24.5 Å². The molecule has 26 heavy (non-hydrogen) atoms. The lowest BCUT2D eigenvalue weighted by molar-refractivity contribution is -0.141. The molecule has 1 aromatic carbocycles. The molecule has 0 saturated carbocycles. The number of rotatable bonds is 4. The van der Waals surface area contributed by atoms with E-state index in [1.54, 1.807) is 31.4 Å². The number of carbonyl (C=O) groups is 1. The van der Waals surface area contributed by atoms with Gasteiger partial charge in [0.2, 0.25) is 5.91 Å². The number of hydrogen-bond acceptors (Lipinski definition) is 4. The Labute approximate surface area is 146 Å². The Hall–Kier alpha value is -3.10. The molecule has 9 heteroatoms. The summed E-state index contributed by atoms with van der Waals surface area (Å²) in [4.78, 5) is 16.6. The first kappa shape index (κ1) is 17.7. The van der Waals surface area contributed by atoms with Gasteiger partial charge in [0, 0.05) is 17.6 Å². The molecule has 2 heterocycles. The van der Waals surface area contributed by atoms with Crippen molar-refractivity contribution in [2.24, 2.45) is 0 Å². The highest BCUT2D eigenvalue weighted by atomic mass is 19.4. The zero-order valence-corrected chi connectivity index (χ0v) is 13.9. The van der Waals surface area contributed by atoms with Crippen LogP contribution in [0.1, 0.15) is 18.7 Å². The van der Waals surface area contributed by atoms with Gasteiger partial charge in [-0.3, -0.25) is 14.5 Å². The summed E-state index contributed by atoms with van der Waals surface area (Å²) in [6, 6.07) is 6.94. The number of fused-ring (bicyclic) bond motifs is 1. The first-order valence-corrected chi connectivity index (χ1v) is 7.65. The molecule has 1 atom stereocenters. The van der Waals surface area contributed by atoms with E-state index >= 15 is 0 Å². The lowest BCUT2D eigenvalue weighted by atomic mass is 10.2. The number of benzene rings is 1. The predicted octanol–water partition coefficient (Wildman–Crippen LogP) is 3.66. The molecule has 136 valence electrons. The van der Waals surface area contributed by atoms with Gasteiger partial charge >= 0.3 is 6.18 Å². The largest absolute Gasteiger partial charge is 0.497 e. The minimum atomic E-state index is -4.55. The van der Waals surface area contributed by atoms with E-state index < -0.39 is 23.8 Å². The van der Waals surface area contributed by atoms with E-state index in [0.29, 0.717) is 17.0 Å². The molecule has 0 spiro atoms. The summed E-state index contributed by atoms with van der Waals surface area (Å²) in [5, 5.41) is 6.84. The van der Waals surface area contributed by atoms with Crippen molar-refractivity contribution in [3.05, 3.63) is 48.4 Å². The second-order valence-corrected chi connectivity index (χ2v) is 5.63. The Balaban J connectivity index is 1.76. The molecule has 3 rings (SSSR count). The van der Waals surface area contributed by atoms with E-state index in [-0.39, 0.29) is 0 Å². The highest BCUT2D eigenvalue weighted by Gasteiger charge is 2.34. The minimum absolute atomic E-state index is 0.433. The van der Waals surface area contributed by atoms with E-state index in [4.69, 9.17) is 4.74 Å². The number of aromatic nitrogens is 3. The zero-order chi connectivity index (χ0) is 18.9. The first-order valence-electron chi connectivity index (χ1n) is 7.65. The van der Waals surface area contributed by atoms with Crippen LogP contribution in [0.15, 0.2) is 42.7 Å². The van der Waals surface area contributed by atoms with Crippen molar-refractivity contribution in [2.45, 2.75) is 19.1 Å². The third-order valence-electron chi connectivity index (χ3n) is 3.83. The molecule has 0 aliphatic heterocycles. The molecular weight excluding hydrogens is 349 g/mol. The number of methoxy groups -OCH3 is 1. The number of carbonyl (C=O) groups excluding carboxylic acids is 1. The Morgan fingerprint density at radius 3 is 2.69 bits per heavy atom. The molecular formula is C17H15F3N4O2. The van der Waals surface area contributed by atoms with Crippen LogP contribution in [0.3, 0.4) is 0 Å². The molecule has 0 fully saturated rings. The summed E-state index contributed by atoms with van der Waals surface area (Å²) in [5.41, 5.74) is 0.0819. The smallest absolute Gasteiger partial charge is 0.435 e. The summed E-state index contributed by atoms with van der Waals surface area (Å²) in [5.74, 6) is 0.158. The summed E-state index contributed by atoms with van der Waals surface area (Å²) < 4.78 is 44.0. The fourth-order valence-corrected chi connectivity index (χ4v) is 2.37. The molecule has 1 amide bonds. The molecule has 0 aliphatic rings. The van der Waals surface area contributed by atoms with Crippen molar-refractivity contribution >= 4 is 22.5 Å². The number of ether oxygens (including phenoxy) is 1. The maximum absolute atomic E-state index is 12.6. The van der Waals surface area contributed by atoms with Gasteiger partial charge < -0.3 is 10.1 Å². The summed E-state index contributed by atoms with van der Waals surface area (Å²) in [7, 11) is 1.55. The Bertz CT molecular complexity index is 953. The molecule has 6 nitrogen and oxygen atoms in total. The lowest BCUT2D eigenvalue weighted by Gasteiger charge is -2.13. The average Bonchev–Trinajstić information content (AvgIpc) is 3.11. The van der Waals surface area contributed by atoms with Gasteiger partial charge in [-0.15, -0.1) is 0 Å². The Kier molecular flexibility index (Phi) is 4.54. The molecule has 0 saturated heterocycles. The molecule has 2 aromatic heterocycles. The fourth-order valence-electron chi connectivity index (χ4n) is 2.37. The van der Waals surface area contributed by atoms with Crippen LogP contribution in [0.2, 0.25) is 0 Å². The summed E-state index contributed by atoms with van der Waals surface area (Å²) in [6.07, 6.45) is -1.96. The highest BCUT2D eigenvalue weighted by molar-refractivity contribution is 5.95. The van der Waals surface area contributed by atoms with Crippen LogP contribution < -0.4 is 10.1 Å². The van der Waals surface area contributed by atoms with Gasteiger partial charge in [0.25, 0.3) is 0 Å². The van der Waals surface area contributed by atoms with Gasteiger partial charge in [-0.2, -0.15) is 18.3 Å². The van der Waals surface area contributed by atoms with Gasteiger partial charge in [-0.05, 0) is 31.2 Å². The maximum atomic E-state index is 12.6. The van der Waals surface area contributed by atoms with Crippen LogP contribution in [0, 0.1) is 0 Å². The SMILES string of the molecule is COc1ccc2cc(NC(=O)C(C)n3ccc(C(F)(F)F)n3)cnc2c1. The second-order valence-electron chi connectivity index (χ2n) is 5.63. The zero-order valence-electron chi connectivity index (χ0n) is 13.9. The number of alkyl halides is 3. The summed E-state index contributed by atoms with van der Waals surface area (Å²) >= 11 is 0. The summed E-state index contributed by atoms with van der Waals surface area (Å²) in [6.45, 7) is 1.46. The fraction of sp³-hybridized carbons (Fsp3) is 0.235. The number of hydrogen-bond donors (Lipinski definition) is 1. The average molecular weight is 364 g/mol. The van der Waals surface area contributed by atoms with Gasteiger partial charge in [0.1, 0.15) is 11.8 Å². The number of anilines is 1. The number of halogens is 3. The van der Waals surface area contributed by atoms with E-state index in [0.717, 1.165) is 22.3 Å². The Morgan fingerprint density at radius 2 is 2.04 bits per heavy atom. The normalized spacial score (nSPS) is 12.8. The molecule has 1 unspecified atom stereocenters. The monoisotopic (exact) mass is 364 g/mol. The molecule has 0 bridgehead atoms. The topological polar surface area (TPSA) is 69.0 Å². The molecule has 3 aromatic rings. The van der Waals surface area contributed by atoms with Gasteiger partial charge in [-0.1, -0.05) is 0 Å². The predicted molar refractivity (Wildman–Crippen MR) is 88.9 cm³/mol. The number of pyridine rings is 1. The van der Waals surface area contributed by atoms with E-state index in [1.807, 2.05) is 0 Å². The van der Waals surface area contributed by atoms with Gasteiger partial charge in [0.15, 0.2) is 5.69 Å². The molecule has 0 aliphatic carbocycles. The van der Waals surface area contributed by atoms with E-state index in [9.17, 15) is 18.0 Å². The van der Waals surface area contributed by atoms with Crippen LogP contribution in [0.4, 0.5) is 18.9 Å². The number of amides is 1. The molecule has 1 N–H and O–H groups in total. The van der Waals surface area contributed by atoms with Crippen LogP contribution >= 0.6 is 0 Å². The van der Waals surface area contributed by atoms with Crippen molar-refractivity contribution in [2.75, 3.05) is 12.4 Å². The Morgan fingerprint density at radius 1 is 1.27 bits per heavy atom. The van der Waals surface area contributed by atoms with Crippen molar-refractivity contribution in [3.8, 4) is 5.75 Å². The standard InChI is InChI=1S/C17H15F3N4O2/c1-10(24-6-5-15(23-24)17(18,19)20)16(25)22-12-7-11-3-4-13(26-2)8-14(11)21-9-12/h3-10H,1-2H3,(H,22,25). The first-order chi connectivity index (χ1) is 12.3. The van der Waals surface area contributed by atoms with Crippen LogP contribution in [0.5, 0.6) is 5.75 Å².